The largest absolute Gasteiger partial charge is 0.470 e. The second-order valence-corrected chi connectivity index (χ2v) is 6.07. The Morgan fingerprint density at radius 3 is 2.67 bits per heavy atom. The molecule has 0 aliphatic carbocycles. The molecule has 0 fully saturated rings. The molecule has 0 spiro atoms. The number of nitrogens with two attached hydrogens (primary N) is 1. The molecule has 1 rings (SSSR count). The van der Waals surface area contributed by atoms with Crippen molar-refractivity contribution in [3.8, 4) is 5.88 Å². The van der Waals surface area contributed by atoms with Gasteiger partial charge in [0, 0.05) is 19.5 Å². The van der Waals surface area contributed by atoms with Crippen molar-refractivity contribution in [1.82, 2.24) is 4.98 Å². The maximum atomic E-state index is 5.86. The van der Waals surface area contributed by atoms with Crippen LogP contribution >= 0.6 is 11.8 Å². The molecule has 0 radical (unpaired) electrons. The molecule has 0 amide bonds. The van der Waals surface area contributed by atoms with Crippen LogP contribution in [0.1, 0.15) is 27.2 Å². The van der Waals surface area contributed by atoms with Crippen molar-refractivity contribution in [3.05, 3.63) is 12.1 Å². The number of nitrogens with zero attached hydrogens (tertiary/aromatic N) is 1. The molecule has 0 saturated heterocycles. The summed E-state index contributed by atoms with van der Waals surface area (Å²) >= 11 is 1.68. The standard InChI is InChI=1S/C13H22N2O2S/c1-13(2,3)17-12-10(14)6-7-11(15-12)18-9-5-8-16-4/h6-7H,5,8-9,14H2,1-4H3. The molecule has 1 aromatic heterocycles. The van der Waals surface area contributed by atoms with E-state index < -0.39 is 0 Å². The molecular weight excluding hydrogens is 248 g/mol. The number of hydrogen-bond acceptors (Lipinski definition) is 5. The predicted octanol–water partition coefficient (Wildman–Crippen LogP) is 2.97. The number of ether oxygens (including phenoxy) is 2. The smallest absolute Gasteiger partial charge is 0.238 e. The third kappa shape index (κ3) is 5.60. The minimum absolute atomic E-state index is 0.291. The van der Waals surface area contributed by atoms with Crippen LogP contribution in [0.4, 0.5) is 5.69 Å². The van der Waals surface area contributed by atoms with Crippen molar-refractivity contribution in [2.75, 3.05) is 25.2 Å². The molecule has 2 N–H and O–H groups in total. The van der Waals surface area contributed by atoms with Crippen LogP contribution in [-0.4, -0.2) is 30.1 Å². The SMILES string of the molecule is COCCCSc1ccc(N)c(OC(C)(C)C)n1. The Morgan fingerprint density at radius 1 is 1.33 bits per heavy atom. The number of methoxy groups -OCH3 is 1. The molecule has 0 saturated carbocycles. The Balaban J connectivity index is 2.63. The summed E-state index contributed by atoms with van der Waals surface area (Å²) in [5, 5.41) is 0.930. The first-order valence-electron chi connectivity index (χ1n) is 5.99. The normalized spacial score (nSPS) is 11.6. The number of pyridine rings is 1. The fourth-order valence-corrected chi connectivity index (χ4v) is 2.05. The number of thioether (sulfide) groups is 1. The average molecular weight is 270 g/mol. The predicted molar refractivity (Wildman–Crippen MR) is 76.2 cm³/mol. The van der Waals surface area contributed by atoms with Gasteiger partial charge in [-0.15, -0.1) is 11.8 Å². The van der Waals surface area contributed by atoms with Gasteiger partial charge >= 0.3 is 0 Å². The highest BCUT2D eigenvalue weighted by Crippen LogP contribution is 2.27. The number of anilines is 1. The number of aromatic nitrogens is 1. The van der Waals surface area contributed by atoms with Crippen LogP contribution in [0.2, 0.25) is 0 Å². The Morgan fingerprint density at radius 2 is 2.06 bits per heavy atom. The maximum Gasteiger partial charge on any atom is 0.238 e. The van der Waals surface area contributed by atoms with Crippen molar-refractivity contribution in [2.24, 2.45) is 0 Å². The Labute approximate surface area is 113 Å². The van der Waals surface area contributed by atoms with Gasteiger partial charge in [-0.1, -0.05) is 0 Å². The van der Waals surface area contributed by atoms with Crippen LogP contribution in [0, 0.1) is 0 Å². The first kappa shape index (κ1) is 15.1. The van der Waals surface area contributed by atoms with E-state index in [1.165, 1.54) is 0 Å². The van der Waals surface area contributed by atoms with Gasteiger partial charge in [-0.2, -0.15) is 0 Å². The Hall–Kier alpha value is -0.940. The highest BCUT2D eigenvalue weighted by Gasteiger charge is 2.15. The molecule has 0 aliphatic rings. The lowest BCUT2D eigenvalue weighted by atomic mass is 10.2. The third-order valence-corrected chi connectivity index (χ3v) is 3.03. The van der Waals surface area contributed by atoms with Crippen molar-refractivity contribution < 1.29 is 9.47 Å². The van der Waals surface area contributed by atoms with Crippen LogP contribution in [0.5, 0.6) is 5.88 Å². The summed E-state index contributed by atoms with van der Waals surface area (Å²) in [7, 11) is 1.71. The highest BCUT2D eigenvalue weighted by molar-refractivity contribution is 7.99. The number of nitrogen functional groups attached to an aromatic ring is 1. The lowest BCUT2D eigenvalue weighted by molar-refractivity contribution is 0.124. The summed E-state index contributed by atoms with van der Waals surface area (Å²) < 4.78 is 10.7. The van der Waals surface area contributed by atoms with Crippen LogP contribution in [0.3, 0.4) is 0 Å². The third-order valence-electron chi connectivity index (χ3n) is 2.01. The average Bonchev–Trinajstić information content (AvgIpc) is 2.27. The quantitative estimate of drug-likeness (QED) is 0.636. The molecule has 0 atom stereocenters. The summed E-state index contributed by atoms with van der Waals surface area (Å²) in [5.74, 6) is 1.49. The van der Waals surface area contributed by atoms with Gasteiger partial charge in [-0.3, -0.25) is 0 Å². The van der Waals surface area contributed by atoms with Crippen LogP contribution in [0.25, 0.3) is 0 Å². The molecule has 0 aromatic carbocycles. The molecule has 1 aromatic rings. The zero-order chi connectivity index (χ0) is 13.6. The molecule has 0 unspecified atom stereocenters. The lowest BCUT2D eigenvalue weighted by Gasteiger charge is -2.21. The van der Waals surface area contributed by atoms with Gasteiger partial charge in [0.15, 0.2) is 0 Å². The molecule has 18 heavy (non-hydrogen) atoms. The zero-order valence-electron chi connectivity index (χ0n) is 11.5. The van der Waals surface area contributed by atoms with E-state index in [1.54, 1.807) is 18.9 Å². The van der Waals surface area contributed by atoms with Crippen LogP contribution < -0.4 is 10.5 Å². The monoisotopic (exact) mass is 270 g/mol. The molecule has 0 bridgehead atoms. The molecule has 4 nitrogen and oxygen atoms in total. The van der Waals surface area contributed by atoms with Crippen molar-refractivity contribution >= 4 is 17.4 Å². The fourth-order valence-electron chi connectivity index (χ4n) is 1.27. The van der Waals surface area contributed by atoms with E-state index in [2.05, 4.69) is 4.98 Å². The summed E-state index contributed by atoms with van der Waals surface area (Å²) in [4.78, 5) is 4.43. The summed E-state index contributed by atoms with van der Waals surface area (Å²) in [6.45, 7) is 6.71. The van der Waals surface area contributed by atoms with E-state index in [9.17, 15) is 0 Å². The van der Waals surface area contributed by atoms with Gasteiger partial charge in [0.1, 0.15) is 10.6 Å². The molecule has 1 heterocycles. The van der Waals surface area contributed by atoms with Gasteiger partial charge in [0.05, 0.1) is 5.69 Å². The molecular formula is C13H22N2O2S. The Kier molecular flexibility index (Phi) is 5.75. The van der Waals surface area contributed by atoms with Gasteiger partial charge in [-0.05, 0) is 39.3 Å². The topological polar surface area (TPSA) is 57.4 Å². The summed E-state index contributed by atoms with van der Waals surface area (Å²) in [6, 6.07) is 3.76. The summed E-state index contributed by atoms with van der Waals surface area (Å²) in [6.07, 6.45) is 1.00. The van der Waals surface area contributed by atoms with E-state index in [1.807, 2.05) is 32.9 Å². The Bertz CT molecular complexity index is 378. The van der Waals surface area contributed by atoms with Gasteiger partial charge < -0.3 is 15.2 Å². The van der Waals surface area contributed by atoms with Crippen molar-refractivity contribution in [1.29, 1.82) is 0 Å². The number of rotatable bonds is 6. The van der Waals surface area contributed by atoms with Crippen LogP contribution in [0.15, 0.2) is 17.2 Å². The first-order chi connectivity index (χ1) is 8.42. The second kappa shape index (κ2) is 6.85. The molecule has 5 heteroatoms. The fraction of sp³-hybridized carbons (Fsp3) is 0.615. The van der Waals surface area contributed by atoms with E-state index >= 15 is 0 Å². The van der Waals surface area contributed by atoms with E-state index in [4.69, 9.17) is 15.2 Å². The number of hydrogen-bond donors (Lipinski definition) is 1. The lowest BCUT2D eigenvalue weighted by Crippen LogP contribution is -2.24. The minimum Gasteiger partial charge on any atom is -0.470 e. The van der Waals surface area contributed by atoms with Gasteiger partial charge in [-0.25, -0.2) is 4.98 Å². The second-order valence-electron chi connectivity index (χ2n) is 4.95. The van der Waals surface area contributed by atoms with Crippen molar-refractivity contribution in [2.45, 2.75) is 37.8 Å². The van der Waals surface area contributed by atoms with E-state index in [0.717, 1.165) is 23.8 Å². The van der Waals surface area contributed by atoms with E-state index in [-0.39, 0.29) is 5.60 Å². The summed E-state index contributed by atoms with van der Waals surface area (Å²) in [5.41, 5.74) is 6.14. The van der Waals surface area contributed by atoms with Gasteiger partial charge in [0.25, 0.3) is 0 Å². The first-order valence-corrected chi connectivity index (χ1v) is 6.98. The molecule has 102 valence electrons. The zero-order valence-corrected chi connectivity index (χ0v) is 12.3. The minimum atomic E-state index is -0.291. The van der Waals surface area contributed by atoms with E-state index in [0.29, 0.717) is 11.6 Å². The molecule has 0 aliphatic heterocycles. The van der Waals surface area contributed by atoms with Crippen molar-refractivity contribution in [3.63, 3.8) is 0 Å². The van der Waals surface area contributed by atoms with Crippen LogP contribution in [-0.2, 0) is 4.74 Å². The maximum absolute atomic E-state index is 5.86. The highest BCUT2D eigenvalue weighted by atomic mass is 32.2. The van der Waals surface area contributed by atoms with Gasteiger partial charge in [0.2, 0.25) is 5.88 Å².